The number of ether oxygens (including phenoxy) is 1. The molecule has 1 saturated heterocycles. The summed E-state index contributed by atoms with van der Waals surface area (Å²) in [5.41, 5.74) is 2.91. The summed E-state index contributed by atoms with van der Waals surface area (Å²) in [7, 11) is 0. The topological polar surface area (TPSA) is 47.6 Å². The van der Waals surface area contributed by atoms with Gasteiger partial charge in [0, 0.05) is 25.7 Å². The van der Waals surface area contributed by atoms with E-state index in [9.17, 15) is 4.79 Å². The third-order valence-corrected chi connectivity index (χ3v) is 4.18. The first-order chi connectivity index (χ1) is 9.33. The van der Waals surface area contributed by atoms with Crippen molar-refractivity contribution in [3.05, 3.63) is 34.3 Å². The van der Waals surface area contributed by atoms with Crippen molar-refractivity contribution in [3.8, 4) is 0 Å². The van der Waals surface area contributed by atoms with Gasteiger partial charge in [0.1, 0.15) is 0 Å². The number of morpholine rings is 1. The van der Waals surface area contributed by atoms with Gasteiger partial charge >= 0.3 is 5.76 Å². The van der Waals surface area contributed by atoms with Gasteiger partial charge in [0.15, 0.2) is 5.58 Å². The number of nitrogens with zero attached hydrogens (tertiary/aromatic N) is 2. The summed E-state index contributed by atoms with van der Waals surface area (Å²) in [6, 6.07) is 6.30. The zero-order valence-electron chi connectivity index (χ0n) is 10.7. The Hall–Kier alpha value is -1.59. The van der Waals surface area contributed by atoms with Crippen LogP contribution < -0.4 is 5.76 Å². The fraction of sp³-hybridized carbons (Fsp3) is 0.500. The third-order valence-electron chi connectivity index (χ3n) is 4.18. The van der Waals surface area contributed by atoms with Crippen LogP contribution in [0.5, 0.6) is 0 Å². The summed E-state index contributed by atoms with van der Waals surface area (Å²) >= 11 is 0. The van der Waals surface area contributed by atoms with Gasteiger partial charge in [0.25, 0.3) is 0 Å². The first kappa shape index (κ1) is 11.3. The van der Waals surface area contributed by atoms with E-state index >= 15 is 0 Å². The molecule has 1 atom stereocenters. The quantitative estimate of drug-likeness (QED) is 0.762. The molecule has 0 radical (unpaired) electrons. The van der Waals surface area contributed by atoms with Crippen LogP contribution in [0, 0.1) is 0 Å². The molecule has 0 aliphatic carbocycles. The van der Waals surface area contributed by atoms with E-state index < -0.39 is 0 Å². The Morgan fingerprint density at radius 1 is 1.21 bits per heavy atom. The summed E-state index contributed by atoms with van der Waals surface area (Å²) < 4.78 is 12.5. The number of aromatic nitrogens is 1. The van der Waals surface area contributed by atoms with Gasteiger partial charge in [-0.15, -0.1) is 0 Å². The molecule has 2 aromatic rings. The van der Waals surface area contributed by atoms with Gasteiger partial charge in [0.05, 0.1) is 18.7 Å². The maximum atomic E-state index is 11.9. The Bertz CT molecular complexity index is 667. The van der Waals surface area contributed by atoms with Gasteiger partial charge in [-0.1, -0.05) is 12.1 Å². The van der Waals surface area contributed by atoms with Crippen molar-refractivity contribution in [1.29, 1.82) is 0 Å². The van der Waals surface area contributed by atoms with Crippen molar-refractivity contribution in [2.75, 3.05) is 26.3 Å². The van der Waals surface area contributed by atoms with Crippen LogP contribution in [-0.4, -0.2) is 41.8 Å². The van der Waals surface area contributed by atoms with Crippen molar-refractivity contribution < 1.29 is 9.15 Å². The SMILES string of the molecule is O=c1oc2cccc3c2n1CC(N1CCOCC1)C3. The monoisotopic (exact) mass is 260 g/mol. The van der Waals surface area contributed by atoms with Gasteiger partial charge in [-0.05, 0) is 18.1 Å². The Morgan fingerprint density at radius 3 is 2.89 bits per heavy atom. The molecular weight excluding hydrogens is 244 g/mol. The molecule has 0 bridgehead atoms. The normalized spacial score (nSPS) is 23.9. The van der Waals surface area contributed by atoms with E-state index in [2.05, 4.69) is 11.0 Å². The molecular formula is C14H16N2O3. The molecule has 19 heavy (non-hydrogen) atoms. The van der Waals surface area contributed by atoms with Crippen molar-refractivity contribution in [3.63, 3.8) is 0 Å². The predicted molar refractivity (Wildman–Crippen MR) is 70.4 cm³/mol. The zero-order valence-corrected chi connectivity index (χ0v) is 10.7. The van der Waals surface area contributed by atoms with Crippen molar-refractivity contribution >= 4 is 11.1 Å². The minimum absolute atomic E-state index is 0.236. The molecule has 0 amide bonds. The standard InChI is InChI=1S/C14H16N2O3/c17-14-16-9-11(15-4-6-18-7-5-15)8-10-2-1-3-12(19-14)13(10)16/h1-3,11H,4-9H2. The Balaban J connectivity index is 1.75. The first-order valence-electron chi connectivity index (χ1n) is 6.76. The number of hydrogen-bond donors (Lipinski definition) is 0. The second-order valence-corrected chi connectivity index (χ2v) is 5.25. The number of rotatable bonds is 1. The number of benzene rings is 1. The molecule has 0 saturated carbocycles. The van der Waals surface area contributed by atoms with E-state index in [1.165, 1.54) is 5.56 Å². The molecule has 1 aromatic heterocycles. The minimum Gasteiger partial charge on any atom is -0.408 e. The largest absolute Gasteiger partial charge is 0.420 e. The molecule has 3 heterocycles. The van der Waals surface area contributed by atoms with Crippen LogP contribution in [0.2, 0.25) is 0 Å². The fourth-order valence-corrected chi connectivity index (χ4v) is 3.24. The number of hydrogen-bond acceptors (Lipinski definition) is 4. The van der Waals surface area contributed by atoms with Gasteiger partial charge in [-0.3, -0.25) is 9.47 Å². The molecule has 100 valence electrons. The highest BCUT2D eigenvalue weighted by Crippen LogP contribution is 2.26. The average Bonchev–Trinajstić information content (AvgIpc) is 2.78. The van der Waals surface area contributed by atoms with Crippen LogP contribution in [0.15, 0.2) is 27.4 Å². The van der Waals surface area contributed by atoms with E-state index in [1.54, 1.807) is 4.57 Å². The summed E-state index contributed by atoms with van der Waals surface area (Å²) in [5.74, 6) is -0.236. The van der Waals surface area contributed by atoms with Gasteiger partial charge < -0.3 is 9.15 Å². The summed E-state index contributed by atoms with van der Waals surface area (Å²) in [5, 5.41) is 0. The molecule has 0 N–H and O–H groups in total. The van der Waals surface area contributed by atoms with Crippen LogP contribution in [0.4, 0.5) is 0 Å². The summed E-state index contributed by atoms with van der Waals surface area (Å²) in [4.78, 5) is 14.4. The molecule has 4 rings (SSSR count). The lowest BCUT2D eigenvalue weighted by Crippen LogP contribution is -2.48. The van der Waals surface area contributed by atoms with Crippen LogP contribution in [0.25, 0.3) is 11.1 Å². The number of para-hydroxylation sites is 1. The van der Waals surface area contributed by atoms with E-state index in [-0.39, 0.29) is 5.76 Å². The van der Waals surface area contributed by atoms with Crippen LogP contribution in [0.3, 0.4) is 0 Å². The Labute approximate surface area is 110 Å². The number of oxazole rings is 1. The van der Waals surface area contributed by atoms with E-state index in [4.69, 9.17) is 9.15 Å². The maximum Gasteiger partial charge on any atom is 0.420 e. The molecule has 5 heteroatoms. The second-order valence-electron chi connectivity index (χ2n) is 5.25. The molecule has 0 spiro atoms. The van der Waals surface area contributed by atoms with Crippen LogP contribution in [-0.2, 0) is 17.7 Å². The highest BCUT2D eigenvalue weighted by Gasteiger charge is 2.28. The average molecular weight is 260 g/mol. The maximum absolute atomic E-state index is 11.9. The fourth-order valence-electron chi connectivity index (χ4n) is 3.24. The lowest BCUT2D eigenvalue weighted by Gasteiger charge is -2.36. The second kappa shape index (κ2) is 4.21. The van der Waals surface area contributed by atoms with Gasteiger partial charge in [-0.2, -0.15) is 0 Å². The van der Waals surface area contributed by atoms with Crippen molar-refractivity contribution in [2.24, 2.45) is 0 Å². The Morgan fingerprint density at radius 2 is 2.05 bits per heavy atom. The van der Waals surface area contributed by atoms with Crippen LogP contribution >= 0.6 is 0 Å². The molecule has 2 aliphatic rings. The van der Waals surface area contributed by atoms with E-state index in [0.717, 1.165) is 44.8 Å². The predicted octanol–water partition coefficient (Wildman–Crippen LogP) is 0.851. The molecule has 2 aliphatic heterocycles. The Kier molecular flexibility index (Phi) is 2.50. The highest BCUT2D eigenvalue weighted by atomic mass is 16.5. The minimum atomic E-state index is -0.236. The zero-order chi connectivity index (χ0) is 12.8. The molecule has 1 unspecified atom stereocenters. The van der Waals surface area contributed by atoms with Gasteiger partial charge in [-0.25, -0.2) is 4.79 Å². The molecule has 1 aromatic carbocycles. The van der Waals surface area contributed by atoms with E-state index in [1.807, 2.05) is 12.1 Å². The highest BCUT2D eigenvalue weighted by molar-refractivity contribution is 5.77. The lowest BCUT2D eigenvalue weighted by atomic mass is 9.99. The third kappa shape index (κ3) is 1.73. The first-order valence-corrected chi connectivity index (χ1v) is 6.76. The van der Waals surface area contributed by atoms with E-state index in [0.29, 0.717) is 11.6 Å². The van der Waals surface area contributed by atoms with Gasteiger partial charge in [0.2, 0.25) is 0 Å². The van der Waals surface area contributed by atoms with Crippen LogP contribution in [0.1, 0.15) is 5.56 Å². The van der Waals surface area contributed by atoms with Crippen molar-refractivity contribution in [2.45, 2.75) is 19.0 Å². The molecule has 1 fully saturated rings. The summed E-state index contributed by atoms with van der Waals surface area (Å²) in [6.45, 7) is 4.19. The summed E-state index contributed by atoms with van der Waals surface area (Å²) in [6.07, 6.45) is 0.982. The smallest absolute Gasteiger partial charge is 0.408 e. The molecule has 5 nitrogen and oxygen atoms in total. The van der Waals surface area contributed by atoms with Crippen molar-refractivity contribution in [1.82, 2.24) is 9.47 Å². The lowest BCUT2D eigenvalue weighted by molar-refractivity contribution is 0.0120.